The molecule has 10 heteroatoms. The van der Waals surface area contributed by atoms with Gasteiger partial charge in [-0.3, -0.25) is 9.69 Å². The summed E-state index contributed by atoms with van der Waals surface area (Å²) < 4.78 is 36.1. The SMILES string of the molecule is NC(=O)c1cc(-c2cc(-c3ccccc3OC(F)F)cc(NCCN3CCOCC3)n2)ccc1O. The molecule has 0 atom stereocenters. The molecule has 0 unspecified atom stereocenters. The van der Waals surface area contributed by atoms with Crippen LogP contribution in [0.3, 0.4) is 0 Å². The zero-order valence-electron chi connectivity index (χ0n) is 18.9. The molecule has 0 spiro atoms. The summed E-state index contributed by atoms with van der Waals surface area (Å²) in [6.45, 7) is 1.50. The number of aromatic nitrogens is 1. The Morgan fingerprint density at radius 2 is 1.91 bits per heavy atom. The number of amides is 1. The van der Waals surface area contributed by atoms with Crippen molar-refractivity contribution in [3.63, 3.8) is 0 Å². The van der Waals surface area contributed by atoms with Gasteiger partial charge in [0.05, 0.1) is 24.5 Å². The number of carbonyl (C=O) groups is 1. The molecule has 0 bridgehead atoms. The highest BCUT2D eigenvalue weighted by Crippen LogP contribution is 2.35. The standard InChI is InChI=1S/C25H26F2N4O4/c26-25(27)35-22-4-2-1-3-18(22)17-14-20(16-5-6-21(32)19(13-16)24(28)33)30-23(15-17)29-7-8-31-9-11-34-12-10-31/h1-6,13-15,25,32H,7-12H2,(H2,28,33)(H,29,30). The number of hydrogen-bond donors (Lipinski definition) is 3. The van der Waals surface area contributed by atoms with Gasteiger partial charge in [-0.15, -0.1) is 0 Å². The van der Waals surface area contributed by atoms with Gasteiger partial charge in [0, 0.05) is 37.3 Å². The Morgan fingerprint density at radius 1 is 1.14 bits per heavy atom. The molecule has 1 aliphatic heterocycles. The number of carbonyl (C=O) groups excluding carboxylic acids is 1. The molecule has 3 aromatic rings. The molecule has 1 aliphatic rings. The molecule has 8 nitrogen and oxygen atoms in total. The van der Waals surface area contributed by atoms with E-state index in [-0.39, 0.29) is 17.1 Å². The average Bonchev–Trinajstić information content (AvgIpc) is 2.84. The summed E-state index contributed by atoms with van der Waals surface area (Å²) in [5.41, 5.74) is 7.38. The quantitative estimate of drug-likeness (QED) is 0.426. The van der Waals surface area contributed by atoms with Gasteiger partial charge in [0.1, 0.15) is 17.3 Å². The number of benzene rings is 2. The normalized spacial score (nSPS) is 14.1. The first-order chi connectivity index (χ1) is 16.9. The van der Waals surface area contributed by atoms with E-state index in [9.17, 15) is 18.7 Å². The van der Waals surface area contributed by atoms with E-state index in [2.05, 4.69) is 15.2 Å². The Balaban J connectivity index is 1.70. The summed E-state index contributed by atoms with van der Waals surface area (Å²) in [5, 5.41) is 13.3. The van der Waals surface area contributed by atoms with Crippen LogP contribution in [0.25, 0.3) is 22.4 Å². The minimum absolute atomic E-state index is 0.0300. The average molecular weight is 485 g/mol. The maximum Gasteiger partial charge on any atom is 0.387 e. The number of phenols is 1. The zero-order chi connectivity index (χ0) is 24.8. The minimum Gasteiger partial charge on any atom is -0.507 e. The molecular weight excluding hydrogens is 458 g/mol. The van der Waals surface area contributed by atoms with Crippen molar-refractivity contribution in [1.29, 1.82) is 0 Å². The Kier molecular flexibility index (Phi) is 7.74. The summed E-state index contributed by atoms with van der Waals surface area (Å²) >= 11 is 0. The number of aromatic hydroxyl groups is 1. The van der Waals surface area contributed by atoms with Crippen molar-refractivity contribution in [3.8, 4) is 33.9 Å². The van der Waals surface area contributed by atoms with Crippen LogP contribution in [0.15, 0.2) is 54.6 Å². The van der Waals surface area contributed by atoms with Crippen molar-refractivity contribution >= 4 is 11.7 Å². The summed E-state index contributed by atoms with van der Waals surface area (Å²) in [6.07, 6.45) is 0. The lowest BCUT2D eigenvalue weighted by Gasteiger charge is -2.26. The van der Waals surface area contributed by atoms with Crippen LogP contribution in [0.5, 0.6) is 11.5 Å². The molecule has 2 aromatic carbocycles. The Hall–Kier alpha value is -3.76. The van der Waals surface area contributed by atoms with Gasteiger partial charge < -0.3 is 25.6 Å². The molecule has 1 amide bonds. The largest absolute Gasteiger partial charge is 0.507 e. The van der Waals surface area contributed by atoms with Crippen molar-refractivity contribution in [3.05, 3.63) is 60.2 Å². The van der Waals surface area contributed by atoms with Gasteiger partial charge in [0.2, 0.25) is 0 Å². The van der Waals surface area contributed by atoms with Crippen molar-refractivity contribution in [2.45, 2.75) is 6.61 Å². The van der Waals surface area contributed by atoms with E-state index in [1.165, 1.54) is 18.2 Å². The van der Waals surface area contributed by atoms with Crippen LogP contribution in [-0.4, -0.2) is 66.9 Å². The third-order valence-corrected chi connectivity index (χ3v) is 5.64. The molecule has 4 N–H and O–H groups in total. The molecule has 0 radical (unpaired) electrons. The fourth-order valence-electron chi connectivity index (χ4n) is 3.89. The number of hydrogen-bond acceptors (Lipinski definition) is 7. The summed E-state index contributed by atoms with van der Waals surface area (Å²) in [4.78, 5) is 18.7. The minimum atomic E-state index is -2.97. The van der Waals surface area contributed by atoms with Gasteiger partial charge in [-0.2, -0.15) is 8.78 Å². The number of alkyl halides is 2. The van der Waals surface area contributed by atoms with E-state index in [1.807, 2.05) is 0 Å². The lowest BCUT2D eigenvalue weighted by Crippen LogP contribution is -2.39. The molecule has 184 valence electrons. The Labute approximate surface area is 201 Å². The Morgan fingerprint density at radius 3 is 2.66 bits per heavy atom. The predicted octanol–water partition coefficient (Wildman–Crippen LogP) is 3.57. The second-order valence-electron chi connectivity index (χ2n) is 7.98. The highest BCUT2D eigenvalue weighted by Gasteiger charge is 2.16. The number of para-hydroxylation sites is 1. The number of rotatable bonds is 9. The van der Waals surface area contributed by atoms with E-state index in [0.717, 1.165) is 19.6 Å². The Bertz CT molecular complexity index is 1190. The number of halogens is 2. The van der Waals surface area contributed by atoms with Crippen LogP contribution in [0.4, 0.5) is 14.6 Å². The fraction of sp³-hybridized carbons (Fsp3) is 0.280. The number of nitrogens with one attached hydrogen (secondary N) is 1. The van der Waals surface area contributed by atoms with Crippen LogP contribution in [0, 0.1) is 0 Å². The number of anilines is 1. The fourth-order valence-corrected chi connectivity index (χ4v) is 3.89. The monoisotopic (exact) mass is 484 g/mol. The first-order valence-electron chi connectivity index (χ1n) is 11.1. The van der Waals surface area contributed by atoms with Gasteiger partial charge in [0.25, 0.3) is 5.91 Å². The highest BCUT2D eigenvalue weighted by molar-refractivity contribution is 5.97. The van der Waals surface area contributed by atoms with E-state index in [1.54, 1.807) is 36.4 Å². The highest BCUT2D eigenvalue weighted by atomic mass is 19.3. The molecule has 4 rings (SSSR count). The molecule has 1 saturated heterocycles. The molecule has 2 heterocycles. The van der Waals surface area contributed by atoms with E-state index in [4.69, 9.17) is 15.2 Å². The zero-order valence-corrected chi connectivity index (χ0v) is 18.9. The third-order valence-electron chi connectivity index (χ3n) is 5.64. The van der Waals surface area contributed by atoms with Gasteiger partial charge in [-0.25, -0.2) is 4.98 Å². The van der Waals surface area contributed by atoms with Crippen LogP contribution >= 0.6 is 0 Å². The topological polar surface area (TPSA) is 110 Å². The maximum absolute atomic E-state index is 13.0. The van der Waals surface area contributed by atoms with E-state index < -0.39 is 12.5 Å². The smallest absolute Gasteiger partial charge is 0.387 e. The molecule has 0 saturated carbocycles. The molecule has 1 fully saturated rings. The summed E-state index contributed by atoms with van der Waals surface area (Å²) in [6, 6.07) is 14.4. The lowest BCUT2D eigenvalue weighted by molar-refractivity contribution is -0.0494. The predicted molar refractivity (Wildman–Crippen MR) is 128 cm³/mol. The van der Waals surface area contributed by atoms with Gasteiger partial charge >= 0.3 is 6.61 Å². The van der Waals surface area contributed by atoms with E-state index >= 15 is 0 Å². The third kappa shape index (κ3) is 6.23. The van der Waals surface area contributed by atoms with Crippen molar-refractivity contribution in [2.75, 3.05) is 44.7 Å². The summed E-state index contributed by atoms with van der Waals surface area (Å²) in [7, 11) is 0. The summed E-state index contributed by atoms with van der Waals surface area (Å²) in [5.74, 6) is -0.467. The van der Waals surface area contributed by atoms with Crippen LogP contribution in [0.2, 0.25) is 0 Å². The number of nitrogens with zero attached hydrogens (tertiary/aromatic N) is 2. The van der Waals surface area contributed by atoms with Crippen LogP contribution in [-0.2, 0) is 4.74 Å². The first kappa shape index (κ1) is 24.4. The van der Waals surface area contributed by atoms with Crippen LogP contribution < -0.4 is 15.8 Å². The number of nitrogens with two attached hydrogens (primary N) is 1. The van der Waals surface area contributed by atoms with Crippen molar-refractivity contribution in [1.82, 2.24) is 9.88 Å². The van der Waals surface area contributed by atoms with Gasteiger partial charge in [-0.05, 0) is 42.0 Å². The molecular formula is C25H26F2N4O4. The van der Waals surface area contributed by atoms with E-state index in [0.29, 0.717) is 48.0 Å². The van der Waals surface area contributed by atoms with Gasteiger partial charge in [0.15, 0.2) is 0 Å². The lowest BCUT2D eigenvalue weighted by atomic mass is 10.0. The first-order valence-corrected chi connectivity index (χ1v) is 11.1. The number of morpholine rings is 1. The second kappa shape index (κ2) is 11.1. The van der Waals surface area contributed by atoms with Gasteiger partial charge in [-0.1, -0.05) is 18.2 Å². The van der Waals surface area contributed by atoms with Crippen LogP contribution in [0.1, 0.15) is 10.4 Å². The number of pyridine rings is 1. The molecule has 0 aliphatic carbocycles. The van der Waals surface area contributed by atoms with Crippen molar-refractivity contribution < 1.29 is 28.2 Å². The second-order valence-corrected chi connectivity index (χ2v) is 7.98. The molecule has 35 heavy (non-hydrogen) atoms. The number of primary amides is 1. The molecule has 1 aromatic heterocycles. The maximum atomic E-state index is 13.0. The number of ether oxygens (including phenoxy) is 2. The van der Waals surface area contributed by atoms with Crippen molar-refractivity contribution in [2.24, 2.45) is 5.73 Å².